The van der Waals surface area contributed by atoms with Crippen molar-refractivity contribution in [2.45, 2.75) is 37.8 Å². The summed E-state index contributed by atoms with van der Waals surface area (Å²) in [6.45, 7) is 0. The molecule has 1 fully saturated rings. The molecule has 3 rings (SSSR count). The van der Waals surface area contributed by atoms with E-state index in [4.69, 9.17) is 0 Å². The Morgan fingerprint density at radius 3 is 1.47 bits per heavy atom. The van der Waals surface area contributed by atoms with Crippen LogP contribution in [0.4, 0.5) is 11.4 Å². The van der Waals surface area contributed by atoms with E-state index in [-0.39, 0.29) is 22.5 Å². The van der Waals surface area contributed by atoms with E-state index in [1.54, 1.807) is 0 Å². The van der Waals surface area contributed by atoms with Gasteiger partial charge in [0.05, 0.1) is 9.85 Å². The zero-order valence-electron chi connectivity index (χ0n) is 15.9. The number of hydrogen-bond donors (Lipinski definition) is 2. The van der Waals surface area contributed by atoms with E-state index >= 15 is 0 Å². The fraction of sp³-hybridized carbons (Fsp3) is 0.300. The topological polar surface area (TPSA) is 144 Å². The average molecular weight is 412 g/mol. The summed E-state index contributed by atoms with van der Waals surface area (Å²) in [4.78, 5) is 46.5. The molecule has 10 heteroatoms. The van der Waals surface area contributed by atoms with Gasteiger partial charge in [-0.1, -0.05) is 37.1 Å². The third-order valence-corrected chi connectivity index (χ3v) is 5.09. The van der Waals surface area contributed by atoms with Crippen LogP contribution in [0.15, 0.2) is 48.5 Å². The summed E-state index contributed by atoms with van der Waals surface area (Å²) in [5, 5.41) is 27.9. The molecule has 10 nitrogen and oxygen atoms in total. The largest absolute Gasteiger partial charge is 0.347 e. The molecule has 2 aromatic carbocycles. The van der Waals surface area contributed by atoms with Gasteiger partial charge in [-0.25, -0.2) is 0 Å². The van der Waals surface area contributed by atoms with Gasteiger partial charge in [-0.15, -0.1) is 0 Å². The van der Waals surface area contributed by atoms with Crippen molar-refractivity contribution in [2.75, 3.05) is 0 Å². The maximum Gasteiger partial charge on any atom is 0.282 e. The number of carbonyl (C=O) groups is 2. The molecule has 0 spiro atoms. The number of amides is 2. The average Bonchev–Trinajstić information content (AvgIpc) is 2.75. The van der Waals surface area contributed by atoms with Crippen molar-refractivity contribution in [3.8, 4) is 0 Å². The van der Waals surface area contributed by atoms with E-state index in [0.29, 0.717) is 12.8 Å². The molecule has 0 radical (unpaired) electrons. The van der Waals surface area contributed by atoms with Gasteiger partial charge in [0.2, 0.25) is 0 Å². The Kier molecular flexibility index (Phi) is 6.35. The Bertz CT molecular complexity index is 913. The molecule has 1 saturated carbocycles. The normalized spacial score (nSPS) is 18.3. The van der Waals surface area contributed by atoms with E-state index in [1.807, 2.05) is 0 Å². The van der Waals surface area contributed by atoms with Crippen molar-refractivity contribution >= 4 is 23.2 Å². The molecule has 156 valence electrons. The minimum Gasteiger partial charge on any atom is -0.347 e. The molecule has 2 N–H and O–H groups in total. The first-order valence-corrected chi connectivity index (χ1v) is 9.47. The minimum atomic E-state index is -0.621. The first-order chi connectivity index (χ1) is 14.4. The SMILES string of the molecule is O=C(NC1CCCCC1NC(=O)c1ccccc1[N+](=O)[O-])c1ccccc1[N+](=O)[O-]. The van der Waals surface area contributed by atoms with E-state index in [9.17, 15) is 29.8 Å². The predicted octanol–water partition coefficient (Wildman–Crippen LogP) is 2.97. The van der Waals surface area contributed by atoms with Crippen LogP contribution in [0.25, 0.3) is 0 Å². The Labute approximate surface area is 171 Å². The summed E-state index contributed by atoms with van der Waals surface area (Å²) in [5.41, 5.74) is -0.716. The van der Waals surface area contributed by atoms with Gasteiger partial charge >= 0.3 is 0 Å². The summed E-state index contributed by atoms with van der Waals surface area (Å²) in [5.74, 6) is -1.20. The molecule has 30 heavy (non-hydrogen) atoms. The lowest BCUT2D eigenvalue weighted by atomic mass is 9.89. The van der Waals surface area contributed by atoms with Crippen LogP contribution in [0.2, 0.25) is 0 Å². The van der Waals surface area contributed by atoms with Gasteiger partial charge in [-0.3, -0.25) is 29.8 Å². The zero-order chi connectivity index (χ0) is 21.7. The van der Waals surface area contributed by atoms with Crippen molar-refractivity contribution in [2.24, 2.45) is 0 Å². The van der Waals surface area contributed by atoms with E-state index in [0.717, 1.165) is 12.8 Å². The number of benzene rings is 2. The van der Waals surface area contributed by atoms with Crippen LogP contribution < -0.4 is 10.6 Å². The number of nitrogens with one attached hydrogen (secondary N) is 2. The quantitative estimate of drug-likeness (QED) is 0.551. The standard InChI is InChI=1S/C20H20N4O6/c25-19(13-7-1-5-11-17(13)23(27)28)21-15-9-3-4-10-16(15)22-20(26)14-8-2-6-12-18(14)24(29)30/h1-2,5-8,11-12,15-16H,3-4,9-10H2,(H,21,25)(H,22,26). The third-order valence-electron chi connectivity index (χ3n) is 5.09. The molecule has 0 heterocycles. The molecule has 0 aliphatic heterocycles. The van der Waals surface area contributed by atoms with Gasteiger partial charge in [0.15, 0.2) is 0 Å². The monoisotopic (exact) mass is 412 g/mol. The van der Waals surface area contributed by atoms with Gasteiger partial charge < -0.3 is 10.6 Å². The number of nitro benzene ring substituents is 2. The fourth-order valence-electron chi connectivity index (χ4n) is 3.62. The molecule has 0 bridgehead atoms. The molecule has 1 aliphatic rings. The molecular formula is C20H20N4O6. The summed E-state index contributed by atoms with van der Waals surface area (Å²) >= 11 is 0. The molecule has 1 aliphatic carbocycles. The highest BCUT2D eigenvalue weighted by Crippen LogP contribution is 2.23. The molecule has 2 amide bonds. The second-order valence-electron chi connectivity index (χ2n) is 6.99. The maximum atomic E-state index is 12.7. The minimum absolute atomic E-state index is 0.0585. The second kappa shape index (κ2) is 9.12. The lowest BCUT2D eigenvalue weighted by molar-refractivity contribution is -0.385. The van der Waals surface area contributed by atoms with Crippen LogP contribution in [0.5, 0.6) is 0 Å². The number of hydrogen-bond acceptors (Lipinski definition) is 6. The number of rotatable bonds is 6. The molecular weight excluding hydrogens is 392 g/mol. The smallest absolute Gasteiger partial charge is 0.282 e. The molecule has 2 unspecified atom stereocenters. The Morgan fingerprint density at radius 2 is 1.10 bits per heavy atom. The summed E-state index contributed by atoms with van der Waals surface area (Å²) in [7, 11) is 0. The highest BCUT2D eigenvalue weighted by molar-refractivity contribution is 5.99. The van der Waals surface area contributed by atoms with Crippen LogP contribution in [-0.4, -0.2) is 33.7 Å². The van der Waals surface area contributed by atoms with Gasteiger partial charge in [-0.05, 0) is 25.0 Å². The third kappa shape index (κ3) is 4.59. The van der Waals surface area contributed by atoms with Crippen molar-refractivity contribution in [3.05, 3.63) is 79.9 Å². The Morgan fingerprint density at radius 1 is 0.733 bits per heavy atom. The van der Waals surface area contributed by atoms with Gasteiger partial charge in [0.25, 0.3) is 23.2 Å². The molecule has 2 aromatic rings. The number of nitro groups is 2. The van der Waals surface area contributed by atoms with Crippen LogP contribution >= 0.6 is 0 Å². The van der Waals surface area contributed by atoms with Crippen molar-refractivity contribution in [1.82, 2.24) is 10.6 Å². The van der Waals surface area contributed by atoms with Gasteiger partial charge in [-0.2, -0.15) is 0 Å². The van der Waals surface area contributed by atoms with E-state index in [1.165, 1.54) is 48.5 Å². The lowest BCUT2D eigenvalue weighted by Crippen LogP contribution is -2.53. The number of para-hydroxylation sites is 2. The van der Waals surface area contributed by atoms with E-state index in [2.05, 4.69) is 10.6 Å². The van der Waals surface area contributed by atoms with E-state index < -0.39 is 33.7 Å². The van der Waals surface area contributed by atoms with Crippen LogP contribution in [0, 0.1) is 20.2 Å². The van der Waals surface area contributed by atoms with Crippen LogP contribution in [0.1, 0.15) is 46.4 Å². The number of carbonyl (C=O) groups excluding carboxylic acids is 2. The first-order valence-electron chi connectivity index (χ1n) is 9.47. The van der Waals surface area contributed by atoms with Crippen LogP contribution in [0.3, 0.4) is 0 Å². The molecule has 0 saturated heterocycles. The van der Waals surface area contributed by atoms with Crippen molar-refractivity contribution in [3.63, 3.8) is 0 Å². The molecule has 2 atom stereocenters. The van der Waals surface area contributed by atoms with Gasteiger partial charge in [0.1, 0.15) is 11.1 Å². The van der Waals surface area contributed by atoms with Crippen molar-refractivity contribution < 1.29 is 19.4 Å². The Hall–Kier alpha value is -3.82. The van der Waals surface area contributed by atoms with Gasteiger partial charge in [0, 0.05) is 24.2 Å². The summed E-state index contributed by atoms with van der Waals surface area (Å²) < 4.78 is 0. The molecule has 0 aromatic heterocycles. The highest BCUT2D eigenvalue weighted by atomic mass is 16.6. The summed E-state index contributed by atoms with van der Waals surface area (Å²) in [6.07, 6.45) is 2.79. The Balaban J connectivity index is 1.76. The zero-order valence-corrected chi connectivity index (χ0v) is 15.9. The first kappa shape index (κ1) is 20.9. The fourth-order valence-corrected chi connectivity index (χ4v) is 3.62. The maximum absolute atomic E-state index is 12.7. The second-order valence-corrected chi connectivity index (χ2v) is 6.99. The predicted molar refractivity (Wildman–Crippen MR) is 107 cm³/mol. The lowest BCUT2D eigenvalue weighted by Gasteiger charge is -2.32. The summed E-state index contributed by atoms with van der Waals surface area (Å²) in [6, 6.07) is 10.4. The highest BCUT2D eigenvalue weighted by Gasteiger charge is 2.31. The van der Waals surface area contributed by atoms with Crippen molar-refractivity contribution in [1.29, 1.82) is 0 Å². The van der Waals surface area contributed by atoms with Crippen LogP contribution in [-0.2, 0) is 0 Å². The number of nitrogens with zero attached hydrogens (tertiary/aromatic N) is 2.